The van der Waals surface area contributed by atoms with E-state index in [0.29, 0.717) is 22.1 Å². The molecule has 0 aliphatic rings. The highest BCUT2D eigenvalue weighted by Crippen LogP contribution is 2.34. The number of carboxylic acid groups (broad SMARTS) is 1. The van der Waals surface area contributed by atoms with Crippen LogP contribution in [-0.2, 0) is 12.8 Å². The van der Waals surface area contributed by atoms with Crippen LogP contribution in [0.5, 0.6) is 17.2 Å². The molecule has 0 fully saturated rings. The van der Waals surface area contributed by atoms with Gasteiger partial charge in [0.25, 0.3) is 0 Å². The lowest BCUT2D eigenvalue weighted by Crippen LogP contribution is -2.03. The molecule has 4 aromatic rings. The molecule has 34 heavy (non-hydrogen) atoms. The summed E-state index contributed by atoms with van der Waals surface area (Å²) in [6.45, 7) is 2.02. The van der Waals surface area contributed by atoms with E-state index in [4.69, 9.17) is 9.47 Å². The van der Waals surface area contributed by atoms with Gasteiger partial charge in [0, 0.05) is 11.6 Å². The molecule has 0 amide bonds. The second-order valence-corrected chi connectivity index (χ2v) is 8.35. The first-order chi connectivity index (χ1) is 16.2. The summed E-state index contributed by atoms with van der Waals surface area (Å²) in [6, 6.07) is 18.0. The first-order valence-corrected chi connectivity index (χ1v) is 10.9. The molecule has 0 atom stereocenters. The number of carbonyl (C=O) groups is 1. The maximum absolute atomic E-state index is 12.8. The zero-order valence-electron chi connectivity index (χ0n) is 17.8. The van der Waals surface area contributed by atoms with Gasteiger partial charge in [-0.2, -0.15) is 13.2 Å². The Labute approximate surface area is 197 Å². The molecule has 0 aliphatic heterocycles. The smallest absolute Gasteiger partial charge is 0.416 e. The molecular formula is C25H18F3NO4S. The fraction of sp³-hybridized carbons (Fsp3) is 0.120. The number of ether oxygens (including phenoxy) is 2. The molecule has 0 radical (unpaired) electrons. The first-order valence-electron chi connectivity index (χ1n) is 10.1. The van der Waals surface area contributed by atoms with Crippen LogP contribution in [0.2, 0.25) is 0 Å². The summed E-state index contributed by atoms with van der Waals surface area (Å²) in [5.74, 6) is 0.0472. The fourth-order valence-corrected chi connectivity index (χ4v) is 4.10. The number of benzene rings is 3. The van der Waals surface area contributed by atoms with Gasteiger partial charge < -0.3 is 14.6 Å². The number of para-hydroxylation sites is 1. The van der Waals surface area contributed by atoms with Gasteiger partial charge in [-0.25, -0.2) is 9.78 Å². The van der Waals surface area contributed by atoms with E-state index in [1.54, 1.807) is 42.5 Å². The van der Waals surface area contributed by atoms with Crippen LogP contribution in [-0.4, -0.2) is 16.1 Å². The van der Waals surface area contributed by atoms with Crippen LogP contribution in [0.15, 0.2) is 72.8 Å². The van der Waals surface area contributed by atoms with Crippen LogP contribution < -0.4 is 9.47 Å². The number of hydrogen-bond acceptors (Lipinski definition) is 5. The Balaban J connectivity index is 1.46. The van der Waals surface area contributed by atoms with E-state index in [1.807, 2.05) is 6.92 Å². The SMILES string of the molecule is Cc1nc(-c2ccc(C(F)(F)F)cc2)sc1COc1cccc(Oc2ccccc2C(=O)O)c1. The minimum atomic E-state index is -4.38. The zero-order chi connectivity index (χ0) is 24.3. The summed E-state index contributed by atoms with van der Waals surface area (Å²) in [5, 5.41) is 9.91. The average molecular weight is 485 g/mol. The Morgan fingerprint density at radius 3 is 2.41 bits per heavy atom. The van der Waals surface area contributed by atoms with Crippen molar-refractivity contribution in [3.8, 4) is 27.8 Å². The Morgan fingerprint density at radius 1 is 1.00 bits per heavy atom. The lowest BCUT2D eigenvalue weighted by atomic mass is 10.1. The number of carboxylic acids is 1. The third-order valence-corrected chi connectivity index (χ3v) is 6.05. The normalized spacial score (nSPS) is 11.3. The number of halogens is 3. The molecule has 0 saturated carbocycles. The van der Waals surface area contributed by atoms with E-state index in [9.17, 15) is 23.1 Å². The number of aryl methyl sites for hydroxylation is 1. The maximum Gasteiger partial charge on any atom is 0.416 e. The monoisotopic (exact) mass is 485 g/mol. The second-order valence-electron chi connectivity index (χ2n) is 7.27. The molecular weight excluding hydrogens is 467 g/mol. The molecule has 4 rings (SSSR count). The van der Waals surface area contributed by atoms with Crippen molar-refractivity contribution >= 4 is 17.3 Å². The minimum absolute atomic E-state index is 0.0462. The van der Waals surface area contributed by atoms with E-state index < -0.39 is 17.7 Å². The first kappa shape index (κ1) is 23.3. The summed E-state index contributed by atoms with van der Waals surface area (Å²) >= 11 is 1.34. The van der Waals surface area contributed by atoms with Crippen LogP contribution >= 0.6 is 11.3 Å². The topological polar surface area (TPSA) is 68.7 Å². The van der Waals surface area contributed by atoms with Crippen molar-refractivity contribution in [1.29, 1.82) is 0 Å². The van der Waals surface area contributed by atoms with Gasteiger partial charge in [0.1, 0.15) is 34.4 Å². The average Bonchev–Trinajstić information content (AvgIpc) is 3.18. The number of nitrogens with zero attached hydrogens (tertiary/aromatic N) is 1. The molecule has 9 heteroatoms. The number of rotatable bonds is 7. The fourth-order valence-electron chi connectivity index (χ4n) is 3.12. The Morgan fingerprint density at radius 2 is 1.71 bits per heavy atom. The van der Waals surface area contributed by atoms with Crippen LogP contribution in [0.4, 0.5) is 13.2 Å². The van der Waals surface area contributed by atoms with Gasteiger partial charge in [0.05, 0.1) is 16.1 Å². The predicted molar refractivity (Wildman–Crippen MR) is 122 cm³/mol. The highest BCUT2D eigenvalue weighted by atomic mass is 32.1. The number of aromatic carboxylic acids is 1. The van der Waals surface area contributed by atoms with Crippen molar-refractivity contribution in [2.45, 2.75) is 19.7 Å². The number of aromatic nitrogens is 1. The molecule has 174 valence electrons. The molecule has 1 heterocycles. The summed E-state index contributed by atoms with van der Waals surface area (Å²) in [5.41, 5.74) is 0.661. The lowest BCUT2D eigenvalue weighted by molar-refractivity contribution is -0.137. The van der Waals surface area contributed by atoms with Gasteiger partial charge in [-0.1, -0.05) is 30.3 Å². The summed E-state index contributed by atoms with van der Waals surface area (Å²) in [7, 11) is 0. The number of hydrogen-bond donors (Lipinski definition) is 1. The molecule has 1 N–H and O–H groups in total. The van der Waals surface area contributed by atoms with Gasteiger partial charge in [-0.15, -0.1) is 11.3 Å². The third kappa shape index (κ3) is 5.37. The molecule has 5 nitrogen and oxygen atoms in total. The van der Waals surface area contributed by atoms with Crippen LogP contribution in [0.1, 0.15) is 26.5 Å². The molecule has 0 bridgehead atoms. The highest BCUT2D eigenvalue weighted by Gasteiger charge is 2.30. The molecule has 3 aromatic carbocycles. The van der Waals surface area contributed by atoms with E-state index in [1.165, 1.54) is 29.5 Å². The summed E-state index contributed by atoms with van der Waals surface area (Å²) in [4.78, 5) is 16.7. The van der Waals surface area contributed by atoms with Crippen molar-refractivity contribution in [3.05, 3.63) is 94.5 Å². The molecule has 0 saturated heterocycles. The molecule has 0 unspecified atom stereocenters. The van der Waals surface area contributed by atoms with E-state index >= 15 is 0 Å². The largest absolute Gasteiger partial charge is 0.488 e. The maximum atomic E-state index is 12.8. The molecule has 1 aromatic heterocycles. The van der Waals surface area contributed by atoms with Gasteiger partial charge in [-0.3, -0.25) is 0 Å². The Hall–Kier alpha value is -3.85. The van der Waals surface area contributed by atoms with Gasteiger partial charge in [0.15, 0.2) is 0 Å². The van der Waals surface area contributed by atoms with Gasteiger partial charge in [0.2, 0.25) is 0 Å². The van der Waals surface area contributed by atoms with Gasteiger partial charge in [-0.05, 0) is 43.3 Å². The predicted octanol–water partition coefficient (Wildman–Crippen LogP) is 7.21. The second kappa shape index (κ2) is 9.56. The molecule has 0 spiro atoms. The lowest BCUT2D eigenvalue weighted by Gasteiger charge is -2.10. The van der Waals surface area contributed by atoms with Crippen LogP contribution in [0.25, 0.3) is 10.6 Å². The van der Waals surface area contributed by atoms with Crippen molar-refractivity contribution in [2.24, 2.45) is 0 Å². The Bertz CT molecular complexity index is 1320. The van der Waals surface area contributed by atoms with E-state index in [-0.39, 0.29) is 17.9 Å². The number of thiazole rings is 1. The van der Waals surface area contributed by atoms with Crippen LogP contribution in [0, 0.1) is 6.92 Å². The Kier molecular flexibility index (Phi) is 6.56. The zero-order valence-corrected chi connectivity index (χ0v) is 18.6. The van der Waals surface area contributed by atoms with Crippen LogP contribution in [0.3, 0.4) is 0 Å². The third-order valence-electron chi connectivity index (χ3n) is 4.87. The minimum Gasteiger partial charge on any atom is -0.488 e. The standard InChI is InChI=1S/C25H18F3NO4S/c1-15-22(34-23(29-15)16-9-11-17(12-10-16)25(26,27)28)14-32-18-5-4-6-19(13-18)33-21-8-3-2-7-20(21)24(30)31/h2-13H,14H2,1H3,(H,30,31). The van der Waals surface area contributed by atoms with Crippen molar-refractivity contribution in [3.63, 3.8) is 0 Å². The summed E-state index contributed by atoms with van der Waals surface area (Å²) < 4.78 is 50.0. The van der Waals surface area contributed by atoms with Crippen molar-refractivity contribution < 1.29 is 32.5 Å². The molecule has 0 aliphatic carbocycles. The summed E-state index contributed by atoms with van der Waals surface area (Å²) in [6.07, 6.45) is -4.38. The number of alkyl halides is 3. The van der Waals surface area contributed by atoms with E-state index in [0.717, 1.165) is 22.7 Å². The van der Waals surface area contributed by atoms with Crippen molar-refractivity contribution in [1.82, 2.24) is 4.98 Å². The van der Waals surface area contributed by atoms with Crippen molar-refractivity contribution in [2.75, 3.05) is 0 Å². The van der Waals surface area contributed by atoms with E-state index in [2.05, 4.69) is 4.98 Å². The van der Waals surface area contributed by atoms with Gasteiger partial charge >= 0.3 is 12.1 Å². The highest BCUT2D eigenvalue weighted by molar-refractivity contribution is 7.15. The quantitative estimate of drug-likeness (QED) is 0.300.